The summed E-state index contributed by atoms with van der Waals surface area (Å²) in [6.07, 6.45) is 3.45. The van der Waals surface area contributed by atoms with Crippen molar-refractivity contribution in [2.75, 3.05) is 22.9 Å². The first kappa shape index (κ1) is 25.0. The van der Waals surface area contributed by atoms with Crippen molar-refractivity contribution in [1.29, 1.82) is 0 Å². The maximum Gasteiger partial charge on any atom is 0.225 e. The number of hydrogen-bond acceptors (Lipinski definition) is 8. The zero-order valence-corrected chi connectivity index (χ0v) is 21.6. The van der Waals surface area contributed by atoms with Crippen LogP contribution in [0.5, 0.6) is 0 Å². The summed E-state index contributed by atoms with van der Waals surface area (Å²) >= 11 is 7.96. The lowest BCUT2D eigenvalue weighted by atomic mass is 10.0. The zero-order chi connectivity index (χ0) is 24.5. The Morgan fingerprint density at radius 2 is 2.09 bits per heavy atom. The molecule has 1 unspecified atom stereocenters. The van der Waals surface area contributed by atoms with Crippen molar-refractivity contribution in [3.05, 3.63) is 33.6 Å². The number of nitrogens with zero attached hydrogens (tertiary/aromatic N) is 1. The first-order chi connectivity index (χ1) is 16.2. The van der Waals surface area contributed by atoms with Crippen molar-refractivity contribution in [3.63, 3.8) is 0 Å². The molecule has 4 rings (SSSR count). The normalized spacial score (nSPS) is 26.1. The van der Waals surface area contributed by atoms with Gasteiger partial charge in [-0.2, -0.15) is 0 Å². The van der Waals surface area contributed by atoms with Gasteiger partial charge < -0.3 is 31.2 Å². The highest BCUT2D eigenvalue weighted by molar-refractivity contribution is 7.10. The molecular weight excluding hydrogens is 474 g/mol. The maximum atomic E-state index is 12.7. The molecular formula is C24H34ClN5O3S. The van der Waals surface area contributed by atoms with E-state index >= 15 is 0 Å². The highest BCUT2D eigenvalue weighted by Gasteiger charge is 2.56. The summed E-state index contributed by atoms with van der Waals surface area (Å²) in [6, 6.07) is 3.83. The predicted molar refractivity (Wildman–Crippen MR) is 137 cm³/mol. The Kier molecular flexibility index (Phi) is 7.57. The lowest BCUT2D eigenvalue weighted by molar-refractivity contribution is -0.160. The van der Waals surface area contributed by atoms with Crippen molar-refractivity contribution in [2.45, 2.75) is 77.0 Å². The van der Waals surface area contributed by atoms with Gasteiger partial charge in [0.05, 0.1) is 28.4 Å². The lowest BCUT2D eigenvalue weighted by Crippen LogP contribution is -2.37. The van der Waals surface area contributed by atoms with E-state index in [9.17, 15) is 4.79 Å². The molecule has 1 amide bonds. The predicted octanol–water partition coefficient (Wildman–Crippen LogP) is 4.27. The number of ether oxygens (including phenoxy) is 2. The largest absolute Gasteiger partial charge is 0.394 e. The van der Waals surface area contributed by atoms with Gasteiger partial charge in [0.25, 0.3) is 0 Å². The summed E-state index contributed by atoms with van der Waals surface area (Å²) in [5, 5.41) is 12.7. The zero-order valence-electron chi connectivity index (χ0n) is 20.1. The molecule has 0 spiro atoms. The summed E-state index contributed by atoms with van der Waals surface area (Å²) in [5.41, 5.74) is 7.89. The van der Waals surface area contributed by atoms with Crippen molar-refractivity contribution in [3.8, 4) is 0 Å². The Bertz CT molecular complexity index is 1020. The molecule has 2 aliphatic rings. The van der Waals surface area contributed by atoms with Crippen LogP contribution >= 0.6 is 22.9 Å². The molecule has 0 radical (unpaired) electrons. The fourth-order valence-corrected chi connectivity index (χ4v) is 5.98. The second-order valence-electron chi connectivity index (χ2n) is 9.32. The van der Waals surface area contributed by atoms with Gasteiger partial charge in [0.2, 0.25) is 5.91 Å². The van der Waals surface area contributed by atoms with Crippen molar-refractivity contribution < 1.29 is 14.3 Å². The van der Waals surface area contributed by atoms with Gasteiger partial charge in [-0.15, -0.1) is 11.3 Å². The third-order valence-corrected chi connectivity index (χ3v) is 7.85. The molecule has 34 heavy (non-hydrogen) atoms. The second kappa shape index (κ2) is 10.3. The van der Waals surface area contributed by atoms with Crippen LogP contribution in [-0.2, 0) is 20.7 Å². The van der Waals surface area contributed by atoms with E-state index in [1.54, 1.807) is 17.5 Å². The number of carbonyl (C=O) groups is 1. The van der Waals surface area contributed by atoms with Crippen LogP contribution in [0.25, 0.3) is 0 Å². The molecule has 10 heteroatoms. The van der Waals surface area contributed by atoms with E-state index in [-0.39, 0.29) is 36.1 Å². The van der Waals surface area contributed by atoms with Crippen LogP contribution in [0.4, 0.5) is 17.2 Å². The third kappa shape index (κ3) is 5.27. The molecule has 8 nitrogen and oxygen atoms in total. The first-order valence-electron chi connectivity index (χ1n) is 11.8. The highest BCUT2D eigenvalue weighted by Crippen LogP contribution is 2.43. The minimum Gasteiger partial charge on any atom is -0.394 e. The van der Waals surface area contributed by atoms with Crippen molar-refractivity contribution in [2.24, 2.45) is 5.92 Å². The number of nitrogens with two attached hydrogens (primary N) is 1. The monoisotopic (exact) mass is 507 g/mol. The van der Waals surface area contributed by atoms with Gasteiger partial charge in [0.15, 0.2) is 11.6 Å². The maximum absolute atomic E-state index is 12.7. The number of nitrogens with one attached hydrogen (secondary N) is 3. The van der Waals surface area contributed by atoms with E-state index < -0.39 is 5.79 Å². The minimum atomic E-state index is -0.750. The van der Waals surface area contributed by atoms with Crippen molar-refractivity contribution in [1.82, 2.24) is 10.3 Å². The number of aromatic nitrogens is 1. The molecule has 1 saturated carbocycles. The lowest BCUT2D eigenvalue weighted by Gasteiger charge is -2.25. The Hall–Kier alpha value is -2.07. The molecule has 2 aromatic rings. The third-order valence-electron chi connectivity index (χ3n) is 6.44. The molecule has 186 valence electrons. The molecule has 5 atom stereocenters. The number of carbonyl (C=O) groups excluding carboxylic acids is 1. The Morgan fingerprint density at radius 3 is 2.76 bits per heavy atom. The number of thiophene rings is 1. The van der Waals surface area contributed by atoms with E-state index in [4.69, 9.17) is 26.8 Å². The number of hydrogen-bond donors (Lipinski definition) is 4. The van der Waals surface area contributed by atoms with Gasteiger partial charge in [0, 0.05) is 30.1 Å². The van der Waals surface area contributed by atoms with Crippen LogP contribution in [0.2, 0.25) is 5.02 Å². The van der Waals surface area contributed by atoms with Crippen LogP contribution < -0.4 is 21.7 Å². The summed E-state index contributed by atoms with van der Waals surface area (Å²) in [6.45, 7) is 8.37. The van der Waals surface area contributed by atoms with E-state index in [2.05, 4.69) is 27.9 Å². The molecule has 2 fully saturated rings. The van der Waals surface area contributed by atoms with E-state index in [0.717, 1.165) is 28.4 Å². The molecule has 2 aromatic heterocycles. The number of halogens is 1. The topological polar surface area (TPSA) is 111 Å². The first-order valence-corrected chi connectivity index (χ1v) is 13.1. The van der Waals surface area contributed by atoms with E-state index in [0.29, 0.717) is 24.5 Å². The fraction of sp³-hybridized carbons (Fsp3) is 0.583. The second-order valence-corrected chi connectivity index (χ2v) is 10.7. The van der Waals surface area contributed by atoms with E-state index in [1.807, 2.05) is 38.3 Å². The summed E-state index contributed by atoms with van der Waals surface area (Å²) in [4.78, 5) is 18.3. The smallest absolute Gasteiger partial charge is 0.225 e. The quantitative estimate of drug-likeness (QED) is 0.401. The van der Waals surface area contributed by atoms with Gasteiger partial charge in [-0.25, -0.2) is 4.98 Å². The molecule has 0 bridgehead atoms. The van der Waals surface area contributed by atoms with E-state index in [1.165, 1.54) is 0 Å². The van der Waals surface area contributed by atoms with Gasteiger partial charge in [-0.05, 0) is 51.1 Å². The number of rotatable bonds is 9. The summed E-state index contributed by atoms with van der Waals surface area (Å²) in [7, 11) is 0. The summed E-state index contributed by atoms with van der Waals surface area (Å²) < 4.78 is 12.3. The van der Waals surface area contributed by atoms with Gasteiger partial charge in [0.1, 0.15) is 12.2 Å². The average Bonchev–Trinajstić information content (AvgIpc) is 3.43. The molecule has 3 heterocycles. The van der Waals surface area contributed by atoms with Crippen LogP contribution in [0.1, 0.15) is 45.4 Å². The number of amides is 1. The Morgan fingerprint density at radius 1 is 1.32 bits per heavy atom. The summed E-state index contributed by atoms with van der Waals surface area (Å²) in [5.74, 6) is -0.493. The number of nitrogen functional groups attached to an aromatic ring is 1. The van der Waals surface area contributed by atoms with Crippen molar-refractivity contribution >= 4 is 46.0 Å². The van der Waals surface area contributed by atoms with Gasteiger partial charge >= 0.3 is 0 Å². The van der Waals surface area contributed by atoms with Crippen LogP contribution in [-0.4, -0.2) is 47.5 Å². The van der Waals surface area contributed by atoms with Gasteiger partial charge in [-0.1, -0.05) is 18.5 Å². The van der Waals surface area contributed by atoms with Crippen LogP contribution in [0.3, 0.4) is 0 Å². The molecule has 5 N–H and O–H groups in total. The number of anilines is 3. The molecule has 0 aromatic carbocycles. The molecule has 1 saturated heterocycles. The molecule has 1 aliphatic carbocycles. The Labute approximate surface area is 209 Å². The minimum absolute atomic E-state index is 0.0162. The molecule has 1 aliphatic heterocycles. The Balaban J connectivity index is 1.50. The van der Waals surface area contributed by atoms with Crippen LogP contribution in [0, 0.1) is 5.92 Å². The number of pyridine rings is 1. The highest BCUT2D eigenvalue weighted by atomic mass is 35.5. The number of fused-ring (bicyclic) bond motifs is 1. The SMILES string of the molecule is CCNC(=O)[C@H]1CC(Nc2nccc(N[C@H](CC)Cc3sccc3Cl)c2N)[C@@H]2OC(C)(C)O[C@H]12. The fourth-order valence-electron chi connectivity index (χ4n) is 4.79. The van der Waals surface area contributed by atoms with Gasteiger partial charge in [-0.3, -0.25) is 4.79 Å². The standard InChI is InChI=1S/C24H34ClN5O3S/c1-5-13(11-18-15(25)8-10-34-18)29-16-7-9-28-22(19(16)26)30-17-12-14(23(31)27-6-2)20-21(17)33-24(3,4)32-20/h7-10,13-14,17,20-21H,5-6,11-12,26H2,1-4H3,(H,27,31)(H2,28,29,30)/t13-,14+,17?,20-,21+/m1/s1. The van der Waals surface area contributed by atoms with Crippen LogP contribution in [0.15, 0.2) is 23.7 Å². The average molecular weight is 508 g/mol.